The van der Waals surface area contributed by atoms with Gasteiger partial charge in [-0.05, 0) is 24.8 Å². The number of aromatic nitrogens is 2. The average Bonchev–Trinajstić information content (AvgIpc) is 2.95. The van der Waals surface area contributed by atoms with Crippen LogP contribution in [0.5, 0.6) is 0 Å². The van der Waals surface area contributed by atoms with Crippen LogP contribution in [0.1, 0.15) is 50.3 Å². The third-order valence-corrected chi connectivity index (χ3v) is 3.88. The predicted molar refractivity (Wildman–Crippen MR) is 69.2 cm³/mol. The highest BCUT2D eigenvalue weighted by molar-refractivity contribution is 5.78. The number of aryl methyl sites for hydroxylation is 1. The van der Waals surface area contributed by atoms with Crippen LogP contribution in [0, 0.1) is 18.8 Å². The van der Waals surface area contributed by atoms with Crippen molar-refractivity contribution in [3.8, 4) is 0 Å². The summed E-state index contributed by atoms with van der Waals surface area (Å²) in [5.74, 6) is 0.752. The summed E-state index contributed by atoms with van der Waals surface area (Å²) < 4.78 is 5.34. The van der Waals surface area contributed by atoms with Gasteiger partial charge >= 0.3 is 5.97 Å². The van der Waals surface area contributed by atoms with Crippen LogP contribution >= 0.6 is 0 Å². The average molecular weight is 250 g/mol. The lowest BCUT2D eigenvalue weighted by atomic mass is 10.1. The van der Waals surface area contributed by atoms with Gasteiger partial charge in [-0.25, -0.2) is 0 Å². The van der Waals surface area contributed by atoms with Gasteiger partial charge in [0.2, 0.25) is 0 Å². The Morgan fingerprint density at radius 2 is 2.28 bits per heavy atom. The number of unbranched alkanes of at least 4 members (excludes halogenated alkanes) is 1. The number of aromatic amines is 1. The van der Waals surface area contributed by atoms with Crippen molar-refractivity contribution in [1.82, 2.24) is 10.2 Å². The second-order valence-electron chi connectivity index (χ2n) is 5.10. The van der Waals surface area contributed by atoms with Gasteiger partial charge in [0.15, 0.2) is 0 Å². The minimum absolute atomic E-state index is 0.0269. The number of carbonyl (C=O) groups is 1. The van der Waals surface area contributed by atoms with E-state index in [-0.39, 0.29) is 11.9 Å². The summed E-state index contributed by atoms with van der Waals surface area (Å²) in [6, 6.07) is 0. The predicted octanol–water partition coefficient (Wildman–Crippen LogP) is 2.80. The molecule has 0 bridgehead atoms. The molecule has 3 unspecified atom stereocenters. The molecule has 3 atom stereocenters. The largest absolute Gasteiger partial charge is 0.465 e. The maximum absolute atomic E-state index is 12.0. The van der Waals surface area contributed by atoms with Gasteiger partial charge in [-0.2, -0.15) is 5.10 Å². The first-order valence-electron chi connectivity index (χ1n) is 6.87. The van der Waals surface area contributed by atoms with Crippen LogP contribution in [-0.4, -0.2) is 22.8 Å². The Morgan fingerprint density at radius 3 is 2.83 bits per heavy atom. The van der Waals surface area contributed by atoms with Crippen molar-refractivity contribution < 1.29 is 9.53 Å². The molecule has 1 aromatic rings. The smallest absolute Gasteiger partial charge is 0.309 e. The Bertz CT molecular complexity index is 414. The summed E-state index contributed by atoms with van der Waals surface area (Å²) in [5, 5.41) is 6.99. The highest BCUT2D eigenvalue weighted by Crippen LogP contribution is 2.56. The molecular formula is C14H22N2O2. The van der Waals surface area contributed by atoms with Crippen molar-refractivity contribution in [2.75, 3.05) is 6.61 Å². The fourth-order valence-electron chi connectivity index (χ4n) is 2.74. The molecule has 0 aliphatic heterocycles. The van der Waals surface area contributed by atoms with Crippen LogP contribution in [-0.2, 0) is 9.53 Å². The van der Waals surface area contributed by atoms with Gasteiger partial charge in [0, 0.05) is 11.6 Å². The lowest BCUT2D eigenvalue weighted by Gasteiger charge is -2.02. The topological polar surface area (TPSA) is 55.0 Å². The van der Waals surface area contributed by atoms with Gasteiger partial charge in [0.05, 0.1) is 18.7 Å². The molecular weight excluding hydrogens is 228 g/mol. The molecule has 1 aromatic heterocycles. The van der Waals surface area contributed by atoms with Gasteiger partial charge in [-0.15, -0.1) is 0 Å². The Hall–Kier alpha value is -1.32. The van der Waals surface area contributed by atoms with Crippen LogP contribution in [0.3, 0.4) is 0 Å². The summed E-state index contributed by atoms with van der Waals surface area (Å²) in [7, 11) is 0. The molecule has 1 aliphatic carbocycles. The number of esters is 1. The zero-order chi connectivity index (χ0) is 13.1. The molecule has 1 heterocycles. The first-order chi connectivity index (χ1) is 8.70. The van der Waals surface area contributed by atoms with Crippen LogP contribution < -0.4 is 0 Å². The molecule has 100 valence electrons. The molecule has 18 heavy (non-hydrogen) atoms. The fourth-order valence-corrected chi connectivity index (χ4v) is 2.74. The van der Waals surface area contributed by atoms with Crippen molar-refractivity contribution >= 4 is 5.97 Å². The van der Waals surface area contributed by atoms with Gasteiger partial charge in [-0.1, -0.05) is 26.7 Å². The minimum Gasteiger partial charge on any atom is -0.465 e. The van der Waals surface area contributed by atoms with Crippen molar-refractivity contribution in [3.63, 3.8) is 0 Å². The number of carbonyl (C=O) groups excluding carboxylic acids is 1. The summed E-state index contributed by atoms with van der Waals surface area (Å²) in [4.78, 5) is 12.0. The molecule has 1 saturated carbocycles. The Labute approximate surface area is 108 Å². The third kappa shape index (κ3) is 2.42. The highest BCUT2D eigenvalue weighted by Gasteiger charge is 2.55. The number of rotatable bonds is 6. The maximum Gasteiger partial charge on any atom is 0.309 e. The molecule has 2 rings (SSSR count). The molecule has 4 nitrogen and oxygen atoms in total. The molecule has 4 heteroatoms. The molecule has 0 radical (unpaired) electrons. The Balaban J connectivity index is 1.97. The van der Waals surface area contributed by atoms with Gasteiger partial charge in [0.1, 0.15) is 0 Å². The first-order valence-corrected chi connectivity index (χ1v) is 6.87. The molecule has 0 saturated heterocycles. The fraction of sp³-hybridized carbons (Fsp3) is 0.714. The maximum atomic E-state index is 12.0. The van der Waals surface area contributed by atoms with E-state index >= 15 is 0 Å². The van der Waals surface area contributed by atoms with E-state index in [0.717, 1.165) is 25.0 Å². The number of ether oxygens (including phenoxy) is 1. The number of hydrogen-bond donors (Lipinski definition) is 1. The quantitative estimate of drug-likeness (QED) is 0.624. The van der Waals surface area contributed by atoms with Crippen LogP contribution in [0.2, 0.25) is 0 Å². The van der Waals surface area contributed by atoms with Crippen molar-refractivity contribution in [2.45, 2.75) is 46.0 Å². The van der Waals surface area contributed by atoms with Gasteiger partial charge in [-0.3, -0.25) is 9.89 Å². The lowest BCUT2D eigenvalue weighted by molar-refractivity contribution is -0.145. The van der Waals surface area contributed by atoms with E-state index in [1.54, 1.807) is 0 Å². The third-order valence-electron chi connectivity index (χ3n) is 3.88. The van der Waals surface area contributed by atoms with E-state index in [1.165, 1.54) is 5.56 Å². The van der Waals surface area contributed by atoms with Crippen LogP contribution in [0.4, 0.5) is 0 Å². The zero-order valence-corrected chi connectivity index (χ0v) is 11.4. The SMILES string of the molecule is CCCCOC(=O)C1C(CC)C1c1cn[nH]c1C. The van der Waals surface area contributed by atoms with Crippen molar-refractivity contribution in [1.29, 1.82) is 0 Å². The standard InChI is InChI=1S/C14H22N2O2/c1-4-6-7-18-14(17)13-10(5-2)12(13)11-8-15-16-9(11)3/h8,10,12-13H,4-7H2,1-3H3,(H,15,16). The number of nitrogens with one attached hydrogen (secondary N) is 1. The minimum atomic E-state index is -0.0269. The van der Waals surface area contributed by atoms with E-state index in [0.29, 0.717) is 18.4 Å². The monoisotopic (exact) mass is 250 g/mol. The van der Waals surface area contributed by atoms with E-state index in [4.69, 9.17) is 4.74 Å². The normalized spacial score (nSPS) is 26.1. The Morgan fingerprint density at radius 1 is 1.50 bits per heavy atom. The second-order valence-corrected chi connectivity index (χ2v) is 5.10. The number of hydrogen-bond acceptors (Lipinski definition) is 3. The van der Waals surface area contributed by atoms with E-state index in [9.17, 15) is 4.79 Å². The molecule has 0 spiro atoms. The Kier molecular flexibility index (Phi) is 4.04. The number of H-pyrrole nitrogens is 1. The number of nitrogens with zero attached hydrogens (tertiary/aromatic N) is 1. The zero-order valence-electron chi connectivity index (χ0n) is 11.4. The summed E-state index contributed by atoms with van der Waals surface area (Å²) in [6.07, 6.45) is 4.87. The van der Waals surface area contributed by atoms with E-state index < -0.39 is 0 Å². The second kappa shape index (κ2) is 5.55. The van der Waals surface area contributed by atoms with Crippen molar-refractivity contribution in [3.05, 3.63) is 17.5 Å². The van der Waals surface area contributed by atoms with Gasteiger partial charge in [0.25, 0.3) is 0 Å². The highest BCUT2D eigenvalue weighted by atomic mass is 16.5. The molecule has 0 aromatic carbocycles. The van der Waals surface area contributed by atoms with Gasteiger partial charge < -0.3 is 4.74 Å². The summed E-state index contributed by atoms with van der Waals surface area (Å²) in [5.41, 5.74) is 2.25. The van der Waals surface area contributed by atoms with Crippen molar-refractivity contribution in [2.24, 2.45) is 11.8 Å². The molecule has 0 amide bonds. The summed E-state index contributed by atoms with van der Waals surface area (Å²) >= 11 is 0. The lowest BCUT2D eigenvalue weighted by Crippen LogP contribution is -2.10. The van der Waals surface area contributed by atoms with Crippen LogP contribution in [0.15, 0.2) is 6.20 Å². The van der Waals surface area contributed by atoms with E-state index in [2.05, 4.69) is 24.0 Å². The molecule has 1 N–H and O–H groups in total. The molecule has 1 aliphatic rings. The van der Waals surface area contributed by atoms with E-state index in [1.807, 2.05) is 13.1 Å². The molecule has 1 fully saturated rings. The summed E-state index contributed by atoms with van der Waals surface area (Å²) in [6.45, 7) is 6.79. The van der Waals surface area contributed by atoms with Crippen LogP contribution in [0.25, 0.3) is 0 Å². The first kappa shape index (κ1) is 13.1.